The van der Waals surface area contributed by atoms with Crippen LogP contribution in [-0.2, 0) is 28.7 Å². The molecule has 6 N–H and O–H groups in total. The van der Waals surface area contributed by atoms with E-state index in [1.807, 2.05) is 6.07 Å². The first-order chi connectivity index (χ1) is 27.1. The Balaban J connectivity index is 1.18. The summed E-state index contributed by atoms with van der Waals surface area (Å²) in [6.45, 7) is 9.30. The van der Waals surface area contributed by atoms with Crippen molar-refractivity contribution in [2.45, 2.75) is 140 Å². The Morgan fingerprint density at radius 1 is 0.982 bits per heavy atom. The number of benzene rings is 1. The molecule has 56 heavy (non-hydrogen) atoms. The van der Waals surface area contributed by atoms with E-state index in [1.54, 1.807) is 36.4 Å². The summed E-state index contributed by atoms with van der Waals surface area (Å²) in [6, 6.07) is 12.9. The summed E-state index contributed by atoms with van der Waals surface area (Å²) in [5.74, 6) is 0. The molecular weight excluding hydrogens is 735 g/mol. The molecule has 3 aromatic rings. The Morgan fingerprint density at radius 3 is 2.25 bits per heavy atom. The number of phosphoric acid groups is 1. The molecule has 0 aliphatic carbocycles. The van der Waals surface area contributed by atoms with Gasteiger partial charge in [0, 0.05) is 18.5 Å². The Bertz CT molecular complexity index is 1750. The van der Waals surface area contributed by atoms with Crippen LogP contribution in [0.15, 0.2) is 48.7 Å². The number of aromatic nitrogens is 2. The zero-order chi connectivity index (χ0) is 40.2. The second-order valence-corrected chi connectivity index (χ2v) is 16.1. The molecule has 3 heterocycles. The van der Waals surface area contributed by atoms with E-state index in [4.69, 9.17) is 30.8 Å². The predicted octanol–water partition coefficient (Wildman–Crippen LogP) is 8.20. The van der Waals surface area contributed by atoms with Crippen LogP contribution in [0.3, 0.4) is 0 Å². The summed E-state index contributed by atoms with van der Waals surface area (Å²) in [5, 5.41) is 39.4. The molecule has 308 valence electrons. The summed E-state index contributed by atoms with van der Waals surface area (Å²) in [5.41, 5.74) is 5.96. The fourth-order valence-corrected chi connectivity index (χ4v) is 7.81. The lowest BCUT2D eigenvalue weighted by Gasteiger charge is -2.24. The molecule has 1 aliphatic heterocycles. The first-order valence-electron chi connectivity index (χ1n) is 20.3. The van der Waals surface area contributed by atoms with Crippen molar-refractivity contribution in [3.8, 4) is 6.07 Å². The number of aliphatic hydroxyl groups excluding tert-OH is 2. The number of unbranched alkanes of at least 4 members (excludes halogenated alkanes) is 15. The number of anilines is 2. The van der Waals surface area contributed by atoms with Gasteiger partial charge in [-0.15, -0.1) is 0 Å². The van der Waals surface area contributed by atoms with Crippen LogP contribution in [0.1, 0.15) is 115 Å². The van der Waals surface area contributed by atoms with Crippen LogP contribution >= 0.6 is 7.82 Å². The van der Waals surface area contributed by atoms with Gasteiger partial charge in [-0.2, -0.15) is 10.4 Å². The lowest BCUT2D eigenvalue weighted by molar-refractivity contribution is -0.0644. The highest BCUT2D eigenvalue weighted by Gasteiger charge is 2.58. The second-order valence-electron chi connectivity index (χ2n) is 14.7. The van der Waals surface area contributed by atoms with Crippen molar-refractivity contribution in [1.82, 2.24) is 9.61 Å². The number of phosphoric ester groups is 1. The summed E-state index contributed by atoms with van der Waals surface area (Å²) in [6.07, 6.45) is 17.1. The van der Waals surface area contributed by atoms with Crippen molar-refractivity contribution >= 4 is 30.4 Å². The lowest BCUT2D eigenvalue weighted by atomic mass is 9.92. The number of rotatable bonds is 28. The van der Waals surface area contributed by atoms with Crippen molar-refractivity contribution < 1.29 is 38.2 Å². The SMILES string of the molecule is [C-]#[N+]c1cccc(N[C@H](COCCCCCCCCCCCCCCCCCC)COP(=O)(O)OC[C@H]2O[C@@](C#N)(c3ccc4c(N)ccnn34)[C@H](O)[C@@H]2O)c1. The van der Waals surface area contributed by atoms with E-state index >= 15 is 0 Å². The normalized spacial score (nSPS) is 21.1. The maximum Gasteiger partial charge on any atom is 0.472 e. The maximum absolute atomic E-state index is 13.0. The molecule has 0 saturated carbocycles. The first kappa shape index (κ1) is 45.1. The first-order valence-corrected chi connectivity index (χ1v) is 21.7. The van der Waals surface area contributed by atoms with Gasteiger partial charge in [-0.05, 0) is 36.8 Å². The van der Waals surface area contributed by atoms with Gasteiger partial charge in [0.15, 0.2) is 5.69 Å². The van der Waals surface area contributed by atoms with E-state index in [0.29, 0.717) is 29.2 Å². The van der Waals surface area contributed by atoms with Crippen LogP contribution < -0.4 is 11.1 Å². The zero-order valence-electron chi connectivity index (χ0n) is 32.8. The molecule has 1 unspecified atom stereocenters. The summed E-state index contributed by atoms with van der Waals surface area (Å²) in [7, 11) is -4.73. The minimum atomic E-state index is -4.73. The molecular formula is C41H61N6O8P. The van der Waals surface area contributed by atoms with Gasteiger partial charge in [0.05, 0.1) is 49.3 Å². The number of hydrogen-bond acceptors (Lipinski definition) is 11. The lowest BCUT2D eigenvalue weighted by Crippen LogP contribution is -2.41. The van der Waals surface area contributed by atoms with Crippen LogP contribution in [0.5, 0.6) is 0 Å². The van der Waals surface area contributed by atoms with E-state index in [9.17, 15) is 24.9 Å². The molecule has 1 aliphatic rings. The predicted molar refractivity (Wildman–Crippen MR) is 216 cm³/mol. The topological polar surface area (TPSA) is 198 Å². The summed E-state index contributed by atoms with van der Waals surface area (Å²) >= 11 is 0. The van der Waals surface area contributed by atoms with Crippen molar-refractivity contribution in [3.05, 3.63) is 65.8 Å². The fourth-order valence-electron chi connectivity index (χ4n) is 7.03. The van der Waals surface area contributed by atoms with Crippen molar-refractivity contribution in [1.29, 1.82) is 5.26 Å². The van der Waals surface area contributed by atoms with Crippen LogP contribution in [0.2, 0.25) is 0 Å². The minimum absolute atomic E-state index is 0.121. The van der Waals surface area contributed by atoms with Gasteiger partial charge in [0.1, 0.15) is 24.4 Å². The Hall–Kier alpha value is -3.56. The van der Waals surface area contributed by atoms with Gasteiger partial charge in [-0.25, -0.2) is 13.9 Å². The highest BCUT2D eigenvalue weighted by Crippen LogP contribution is 2.46. The Kier molecular flexibility index (Phi) is 19.0. The third kappa shape index (κ3) is 13.5. The average Bonchev–Trinajstić information content (AvgIpc) is 3.75. The van der Waals surface area contributed by atoms with Gasteiger partial charge in [0.2, 0.25) is 5.60 Å². The molecule has 0 radical (unpaired) electrons. The number of nitriles is 1. The molecule has 14 nitrogen and oxygen atoms in total. The number of ether oxygens (including phenoxy) is 2. The molecule has 1 saturated heterocycles. The molecule has 4 rings (SSSR count). The monoisotopic (exact) mass is 796 g/mol. The van der Waals surface area contributed by atoms with E-state index in [1.165, 1.54) is 100 Å². The van der Waals surface area contributed by atoms with Crippen molar-refractivity contribution in [3.63, 3.8) is 0 Å². The van der Waals surface area contributed by atoms with E-state index in [2.05, 4.69) is 22.2 Å². The largest absolute Gasteiger partial charge is 0.472 e. The fraction of sp³-hybridized carbons (Fsp3) is 0.634. The van der Waals surface area contributed by atoms with Gasteiger partial charge in [-0.3, -0.25) is 9.05 Å². The van der Waals surface area contributed by atoms with Gasteiger partial charge >= 0.3 is 7.82 Å². The van der Waals surface area contributed by atoms with E-state index in [0.717, 1.165) is 19.3 Å². The molecule has 2 aromatic heterocycles. The average molecular weight is 797 g/mol. The zero-order valence-corrected chi connectivity index (χ0v) is 33.7. The summed E-state index contributed by atoms with van der Waals surface area (Å²) < 4.78 is 36.7. The molecule has 1 aromatic carbocycles. The number of nitrogens with one attached hydrogen (secondary N) is 1. The number of nitrogen functional groups attached to an aromatic ring is 1. The van der Waals surface area contributed by atoms with Gasteiger partial charge in [0.25, 0.3) is 0 Å². The quantitative estimate of drug-likeness (QED) is 0.0269. The molecule has 6 atom stereocenters. The van der Waals surface area contributed by atoms with Gasteiger partial charge in [-0.1, -0.05) is 115 Å². The third-order valence-corrected chi connectivity index (χ3v) is 11.2. The van der Waals surface area contributed by atoms with E-state index < -0.39 is 44.4 Å². The molecule has 15 heteroatoms. The van der Waals surface area contributed by atoms with Crippen molar-refractivity contribution in [2.75, 3.05) is 37.5 Å². The molecule has 0 amide bonds. The number of hydrogen-bond donors (Lipinski definition) is 5. The number of nitrogens with two attached hydrogens (primary N) is 1. The minimum Gasteiger partial charge on any atom is -0.397 e. The van der Waals surface area contributed by atoms with Crippen LogP contribution in [-0.4, -0.2) is 75.5 Å². The highest BCUT2D eigenvalue weighted by molar-refractivity contribution is 7.47. The summed E-state index contributed by atoms with van der Waals surface area (Å²) in [4.78, 5) is 14.1. The van der Waals surface area contributed by atoms with Gasteiger partial charge < -0.3 is 35.6 Å². The number of nitrogens with zero attached hydrogens (tertiary/aromatic N) is 4. The Morgan fingerprint density at radius 2 is 1.62 bits per heavy atom. The number of fused-ring (bicyclic) bond motifs is 1. The third-order valence-electron chi connectivity index (χ3n) is 10.2. The molecule has 0 spiro atoms. The van der Waals surface area contributed by atoms with Crippen molar-refractivity contribution in [2.24, 2.45) is 0 Å². The Labute approximate surface area is 331 Å². The molecule has 0 bridgehead atoms. The smallest absolute Gasteiger partial charge is 0.397 e. The standard InChI is InChI=1S/C41H61N6O8P/c1-3-4-5-6-7-8-9-10-11-12-13-14-15-16-17-18-26-52-28-34(46-33-21-19-20-32(27-33)44-2)29-53-56(50,51)54-30-37-39(48)40(49)41(31-42,55-37)38-23-22-36-35(43)24-25-45-47(36)38/h19-25,27,34,37,39-40,46,48-49H,3-18,26,28-30,43H2,1H3,(H,50,51)/t34-,37-,39-,40-,41+/m1/s1. The van der Waals surface area contributed by atoms with Crippen LogP contribution in [0.25, 0.3) is 10.4 Å². The second kappa shape index (κ2) is 23.6. The van der Waals surface area contributed by atoms with Crippen LogP contribution in [0.4, 0.5) is 17.1 Å². The highest BCUT2D eigenvalue weighted by atomic mass is 31.2. The number of aliphatic hydroxyl groups is 2. The van der Waals surface area contributed by atoms with E-state index in [-0.39, 0.29) is 18.9 Å². The molecule has 1 fully saturated rings. The van der Waals surface area contributed by atoms with Crippen LogP contribution in [0, 0.1) is 17.9 Å². The maximum atomic E-state index is 13.0.